The maximum atomic E-state index is 13.2. The van der Waals surface area contributed by atoms with Gasteiger partial charge in [0, 0.05) is 6.04 Å². The fourth-order valence-corrected chi connectivity index (χ4v) is 1.73. The highest BCUT2D eigenvalue weighted by atomic mass is 35.5. The van der Waals surface area contributed by atoms with E-state index in [4.69, 9.17) is 0 Å². The minimum Gasteiger partial charge on any atom is -0.311 e. The van der Waals surface area contributed by atoms with E-state index < -0.39 is 6.17 Å². The van der Waals surface area contributed by atoms with Crippen molar-refractivity contribution < 1.29 is 4.39 Å². The normalized spacial score (nSPS) is 33.0. The standard InChI is InChI=1S/C8H14FN.ClH/c9-8(6-3-4-6)7-2-1-5-10-7;/h6-8,10H,1-5H2;1H. The van der Waals surface area contributed by atoms with Crippen molar-refractivity contribution in [3.8, 4) is 0 Å². The van der Waals surface area contributed by atoms with Gasteiger partial charge in [-0.25, -0.2) is 4.39 Å². The first-order valence-electron chi connectivity index (χ1n) is 4.25. The van der Waals surface area contributed by atoms with E-state index >= 15 is 0 Å². The largest absolute Gasteiger partial charge is 0.311 e. The van der Waals surface area contributed by atoms with Gasteiger partial charge in [-0.2, -0.15) is 0 Å². The third-order valence-corrected chi connectivity index (χ3v) is 2.56. The van der Waals surface area contributed by atoms with E-state index in [1.807, 2.05) is 0 Å². The lowest BCUT2D eigenvalue weighted by atomic mass is 10.1. The van der Waals surface area contributed by atoms with Crippen molar-refractivity contribution in [1.82, 2.24) is 5.32 Å². The van der Waals surface area contributed by atoms with Gasteiger partial charge in [-0.15, -0.1) is 12.4 Å². The van der Waals surface area contributed by atoms with E-state index in [9.17, 15) is 4.39 Å². The van der Waals surface area contributed by atoms with Crippen LogP contribution in [0.25, 0.3) is 0 Å². The third kappa shape index (κ3) is 2.06. The van der Waals surface area contributed by atoms with Crippen molar-refractivity contribution in [3.63, 3.8) is 0 Å². The first kappa shape index (κ1) is 9.27. The quantitative estimate of drug-likeness (QED) is 0.683. The van der Waals surface area contributed by atoms with E-state index in [1.165, 1.54) is 0 Å². The summed E-state index contributed by atoms with van der Waals surface area (Å²) in [5.41, 5.74) is 0. The van der Waals surface area contributed by atoms with Gasteiger partial charge in [-0.05, 0) is 38.1 Å². The van der Waals surface area contributed by atoms with Gasteiger partial charge in [0.05, 0.1) is 0 Å². The molecular formula is C8H15ClFN. The molecule has 0 aromatic heterocycles. The lowest BCUT2D eigenvalue weighted by Crippen LogP contribution is -2.33. The lowest BCUT2D eigenvalue weighted by Gasteiger charge is -2.14. The predicted octanol–water partition coefficient (Wildman–Crippen LogP) is 1.91. The molecule has 1 heterocycles. The molecule has 2 rings (SSSR count). The van der Waals surface area contributed by atoms with Gasteiger partial charge in [0.2, 0.25) is 0 Å². The Hall–Kier alpha value is 0.180. The molecule has 66 valence electrons. The average Bonchev–Trinajstić information content (AvgIpc) is 2.65. The predicted molar refractivity (Wildman–Crippen MR) is 45.9 cm³/mol. The molecule has 11 heavy (non-hydrogen) atoms. The number of hydrogen-bond donors (Lipinski definition) is 1. The molecule has 0 amide bonds. The van der Waals surface area contributed by atoms with Gasteiger partial charge in [0.25, 0.3) is 0 Å². The Balaban J connectivity index is 0.000000605. The molecule has 1 nitrogen and oxygen atoms in total. The SMILES string of the molecule is Cl.FC(C1CC1)C1CCCN1. The third-order valence-electron chi connectivity index (χ3n) is 2.56. The highest BCUT2D eigenvalue weighted by molar-refractivity contribution is 5.85. The first-order chi connectivity index (χ1) is 4.88. The Morgan fingerprint density at radius 2 is 2.00 bits per heavy atom. The second kappa shape index (κ2) is 3.72. The van der Waals surface area contributed by atoms with Crippen LogP contribution in [0.3, 0.4) is 0 Å². The van der Waals surface area contributed by atoms with Crippen molar-refractivity contribution in [3.05, 3.63) is 0 Å². The van der Waals surface area contributed by atoms with E-state index in [0.29, 0.717) is 5.92 Å². The van der Waals surface area contributed by atoms with Crippen molar-refractivity contribution in [2.45, 2.75) is 37.9 Å². The van der Waals surface area contributed by atoms with Crippen LogP contribution in [0, 0.1) is 5.92 Å². The highest BCUT2D eigenvalue weighted by Crippen LogP contribution is 2.37. The number of nitrogens with one attached hydrogen (secondary N) is 1. The monoisotopic (exact) mass is 179 g/mol. The molecule has 2 fully saturated rings. The van der Waals surface area contributed by atoms with Crippen LogP contribution < -0.4 is 5.32 Å². The van der Waals surface area contributed by atoms with Crippen LogP contribution in [0.5, 0.6) is 0 Å². The summed E-state index contributed by atoms with van der Waals surface area (Å²) >= 11 is 0. The number of alkyl halides is 1. The Kier molecular flexibility index (Phi) is 3.14. The van der Waals surface area contributed by atoms with Gasteiger partial charge in [0.15, 0.2) is 0 Å². The molecule has 0 bridgehead atoms. The Labute approximate surface area is 73.2 Å². The van der Waals surface area contributed by atoms with Crippen LogP contribution in [-0.2, 0) is 0 Å². The van der Waals surface area contributed by atoms with Crippen LogP contribution >= 0.6 is 12.4 Å². The Morgan fingerprint density at radius 3 is 2.45 bits per heavy atom. The van der Waals surface area contributed by atoms with Gasteiger partial charge in [-0.1, -0.05) is 0 Å². The summed E-state index contributed by atoms with van der Waals surface area (Å²) in [6.07, 6.45) is 3.93. The van der Waals surface area contributed by atoms with Gasteiger partial charge in [-0.3, -0.25) is 0 Å². The lowest BCUT2D eigenvalue weighted by molar-refractivity contribution is 0.235. The number of rotatable bonds is 2. The molecule has 2 atom stereocenters. The Bertz CT molecular complexity index is 121. The summed E-state index contributed by atoms with van der Waals surface area (Å²) in [4.78, 5) is 0. The molecule has 1 aliphatic carbocycles. The molecule has 0 spiro atoms. The van der Waals surface area contributed by atoms with Crippen molar-refractivity contribution in [1.29, 1.82) is 0 Å². The summed E-state index contributed by atoms with van der Waals surface area (Å²) in [5.74, 6) is 0.413. The maximum Gasteiger partial charge on any atom is 0.118 e. The van der Waals surface area contributed by atoms with E-state index in [1.54, 1.807) is 0 Å². The molecule has 2 unspecified atom stereocenters. The zero-order valence-electron chi connectivity index (χ0n) is 6.55. The van der Waals surface area contributed by atoms with E-state index in [0.717, 1.165) is 32.2 Å². The van der Waals surface area contributed by atoms with Gasteiger partial charge in [0.1, 0.15) is 6.17 Å². The summed E-state index contributed by atoms with van der Waals surface area (Å²) in [6.45, 7) is 1.03. The zero-order valence-corrected chi connectivity index (χ0v) is 7.37. The molecule has 1 saturated heterocycles. The van der Waals surface area contributed by atoms with Crippen LogP contribution in [0.1, 0.15) is 25.7 Å². The smallest absolute Gasteiger partial charge is 0.118 e. The van der Waals surface area contributed by atoms with E-state index in [-0.39, 0.29) is 18.4 Å². The first-order valence-corrected chi connectivity index (χ1v) is 4.25. The molecule has 1 N–H and O–H groups in total. The van der Waals surface area contributed by atoms with E-state index in [2.05, 4.69) is 5.32 Å². The second-order valence-corrected chi connectivity index (χ2v) is 3.48. The van der Waals surface area contributed by atoms with Gasteiger partial charge >= 0.3 is 0 Å². The van der Waals surface area contributed by atoms with Crippen molar-refractivity contribution in [2.75, 3.05) is 6.54 Å². The number of halogens is 2. The van der Waals surface area contributed by atoms with Crippen LogP contribution in [0.4, 0.5) is 4.39 Å². The fraction of sp³-hybridized carbons (Fsp3) is 1.00. The Morgan fingerprint density at radius 1 is 1.27 bits per heavy atom. The van der Waals surface area contributed by atoms with Crippen LogP contribution in [-0.4, -0.2) is 18.8 Å². The fourth-order valence-electron chi connectivity index (χ4n) is 1.73. The summed E-state index contributed by atoms with van der Waals surface area (Å²) in [6, 6.07) is 0.201. The number of hydrogen-bond acceptors (Lipinski definition) is 1. The summed E-state index contributed by atoms with van der Waals surface area (Å²) in [7, 11) is 0. The van der Waals surface area contributed by atoms with Gasteiger partial charge < -0.3 is 5.32 Å². The molecule has 0 radical (unpaired) electrons. The van der Waals surface area contributed by atoms with Crippen molar-refractivity contribution in [2.24, 2.45) is 5.92 Å². The maximum absolute atomic E-state index is 13.2. The minimum absolute atomic E-state index is 0. The van der Waals surface area contributed by atoms with Crippen LogP contribution in [0.15, 0.2) is 0 Å². The zero-order chi connectivity index (χ0) is 6.97. The molecule has 2 aliphatic rings. The molecule has 0 aromatic rings. The highest BCUT2D eigenvalue weighted by Gasteiger charge is 2.37. The molecule has 1 aliphatic heterocycles. The summed E-state index contributed by atoms with van der Waals surface area (Å²) < 4.78 is 13.2. The molecule has 1 saturated carbocycles. The minimum atomic E-state index is -0.539. The van der Waals surface area contributed by atoms with Crippen LogP contribution in [0.2, 0.25) is 0 Å². The van der Waals surface area contributed by atoms with Crippen molar-refractivity contribution >= 4 is 12.4 Å². The molecule has 0 aromatic carbocycles. The summed E-state index contributed by atoms with van der Waals surface area (Å²) in [5, 5.41) is 3.20. The molecule has 3 heteroatoms. The molecular weight excluding hydrogens is 165 g/mol. The second-order valence-electron chi connectivity index (χ2n) is 3.48. The average molecular weight is 180 g/mol. The topological polar surface area (TPSA) is 12.0 Å².